The minimum Gasteiger partial charge on any atom is -0.495 e. The Morgan fingerprint density at radius 3 is 2.34 bits per heavy atom. The van der Waals surface area contributed by atoms with Crippen LogP contribution in [0, 0.1) is 0 Å². The molecule has 2 aromatic carbocycles. The molecule has 3 rings (SSSR count). The lowest BCUT2D eigenvalue weighted by Gasteiger charge is -2.34. The van der Waals surface area contributed by atoms with Crippen LogP contribution in [0.15, 0.2) is 66.0 Å². The molecule has 0 fully saturated rings. The number of rotatable bonds is 8. The average molecular weight is 514 g/mol. The first kappa shape index (κ1) is 26.2. The number of methoxy groups -OCH3 is 1. The number of nitrogens with one attached hydrogen (secondary N) is 2. The third kappa shape index (κ3) is 6.83. The predicted molar refractivity (Wildman–Crippen MR) is 139 cm³/mol. The fraction of sp³-hybridized carbons (Fsp3) is 0.269. The SMILES string of the molecule is COc1ccc(N(C(=O)CNC(=O)c2cccs2)[C@@H](C(=O)NC(C)(C)C)c2ccccc2)cc1Cl. The number of thiophene rings is 1. The molecule has 3 amide bonds. The highest BCUT2D eigenvalue weighted by atomic mass is 35.5. The van der Waals surface area contributed by atoms with Gasteiger partial charge in [0.25, 0.3) is 5.91 Å². The third-order valence-electron chi connectivity index (χ3n) is 4.95. The summed E-state index contributed by atoms with van der Waals surface area (Å²) >= 11 is 7.65. The van der Waals surface area contributed by atoms with E-state index in [0.29, 0.717) is 21.9 Å². The summed E-state index contributed by atoms with van der Waals surface area (Å²) in [5, 5.41) is 7.70. The Kier molecular flexibility index (Phi) is 8.53. The second-order valence-electron chi connectivity index (χ2n) is 8.80. The number of hydrogen-bond donors (Lipinski definition) is 2. The van der Waals surface area contributed by atoms with Crippen molar-refractivity contribution in [2.45, 2.75) is 32.4 Å². The second-order valence-corrected chi connectivity index (χ2v) is 10.1. The standard InChI is InChI=1S/C26H28ClN3O4S/c1-26(2,3)29-25(33)23(17-9-6-5-7-10-17)30(18-12-13-20(34-4)19(27)15-18)22(31)16-28-24(32)21-11-8-14-35-21/h5-15,23H,16H2,1-4H3,(H,28,32)(H,29,33)/t23-/m1/s1. The Labute approximate surface area is 214 Å². The molecular formula is C26H28ClN3O4S. The van der Waals surface area contributed by atoms with Crippen molar-refractivity contribution in [3.63, 3.8) is 0 Å². The van der Waals surface area contributed by atoms with E-state index >= 15 is 0 Å². The molecule has 0 spiro atoms. The predicted octanol–water partition coefficient (Wildman–Crippen LogP) is 4.83. The van der Waals surface area contributed by atoms with Crippen LogP contribution in [0.2, 0.25) is 5.02 Å². The fourth-order valence-electron chi connectivity index (χ4n) is 3.47. The number of carbonyl (C=O) groups is 3. The van der Waals surface area contributed by atoms with Crippen LogP contribution in [0.5, 0.6) is 5.75 Å². The number of anilines is 1. The lowest BCUT2D eigenvalue weighted by Crippen LogP contribution is -2.51. The van der Waals surface area contributed by atoms with Crippen molar-refractivity contribution in [2.75, 3.05) is 18.6 Å². The van der Waals surface area contributed by atoms with Gasteiger partial charge in [-0.05, 0) is 56.0 Å². The quantitative estimate of drug-likeness (QED) is 0.451. The van der Waals surface area contributed by atoms with E-state index in [2.05, 4.69) is 10.6 Å². The molecule has 0 saturated carbocycles. The normalized spacial score (nSPS) is 11.9. The molecule has 0 unspecified atom stereocenters. The van der Waals surface area contributed by atoms with Crippen molar-refractivity contribution >= 4 is 46.3 Å². The molecule has 3 aromatic rings. The number of carbonyl (C=O) groups excluding carboxylic acids is 3. The molecule has 2 N–H and O–H groups in total. The molecule has 0 aliphatic carbocycles. The molecule has 0 radical (unpaired) electrons. The van der Waals surface area contributed by atoms with Crippen molar-refractivity contribution in [1.82, 2.24) is 10.6 Å². The molecule has 0 bridgehead atoms. The molecular weight excluding hydrogens is 486 g/mol. The van der Waals surface area contributed by atoms with Gasteiger partial charge in [0.2, 0.25) is 11.8 Å². The van der Waals surface area contributed by atoms with Crippen molar-refractivity contribution < 1.29 is 19.1 Å². The number of benzene rings is 2. The topological polar surface area (TPSA) is 87.7 Å². The van der Waals surface area contributed by atoms with Gasteiger partial charge in [-0.3, -0.25) is 19.3 Å². The monoisotopic (exact) mass is 513 g/mol. The largest absolute Gasteiger partial charge is 0.495 e. The van der Waals surface area contributed by atoms with Gasteiger partial charge in [-0.25, -0.2) is 0 Å². The number of halogens is 1. The van der Waals surface area contributed by atoms with E-state index in [1.54, 1.807) is 60.0 Å². The van der Waals surface area contributed by atoms with E-state index in [0.717, 1.165) is 0 Å². The number of hydrogen-bond acceptors (Lipinski definition) is 5. The Balaban J connectivity index is 2.04. The maximum absolute atomic E-state index is 13.6. The summed E-state index contributed by atoms with van der Waals surface area (Å²) in [6, 6.07) is 16.3. The minimum absolute atomic E-state index is 0.286. The Morgan fingerprint density at radius 1 is 1.06 bits per heavy atom. The Morgan fingerprint density at radius 2 is 1.77 bits per heavy atom. The van der Waals surface area contributed by atoms with E-state index < -0.39 is 17.5 Å². The lowest BCUT2D eigenvalue weighted by molar-refractivity contribution is -0.127. The first-order valence-electron chi connectivity index (χ1n) is 10.9. The van der Waals surface area contributed by atoms with Gasteiger partial charge in [0.05, 0.1) is 23.6 Å². The van der Waals surface area contributed by atoms with Gasteiger partial charge >= 0.3 is 0 Å². The summed E-state index contributed by atoms with van der Waals surface area (Å²) in [6.45, 7) is 5.28. The fourth-order valence-corrected chi connectivity index (χ4v) is 4.36. The summed E-state index contributed by atoms with van der Waals surface area (Å²) in [5.41, 5.74) is 0.465. The van der Waals surface area contributed by atoms with Crippen LogP contribution in [0.4, 0.5) is 5.69 Å². The molecule has 9 heteroatoms. The molecule has 7 nitrogen and oxygen atoms in total. The zero-order valence-corrected chi connectivity index (χ0v) is 21.6. The van der Waals surface area contributed by atoms with Crippen molar-refractivity contribution in [3.05, 3.63) is 81.5 Å². The van der Waals surface area contributed by atoms with Crippen LogP contribution < -0.4 is 20.3 Å². The number of amides is 3. The number of nitrogens with zero attached hydrogens (tertiary/aromatic N) is 1. The van der Waals surface area contributed by atoms with E-state index in [1.165, 1.54) is 23.3 Å². The summed E-state index contributed by atoms with van der Waals surface area (Å²) in [4.78, 5) is 41.5. The van der Waals surface area contributed by atoms with Crippen LogP contribution in [0.1, 0.15) is 42.0 Å². The van der Waals surface area contributed by atoms with Crippen molar-refractivity contribution in [2.24, 2.45) is 0 Å². The van der Waals surface area contributed by atoms with Gasteiger partial charge in [0, 0.05) is 11.2 Å². The van der Waals surface area contributed by atoms with E-state index in [9.17, 15) is 14.4 Å². The zero-order chi connectivity index (χ0) is 25.6. The molecule has 35 heavy (non-hydrogen) atoms. The molecule has 0 saturated heterocycles. The van der Waals surface area contributed by atoms with E-state index in [1.807, 2.05) is 26.8 Å². The van der Waals surface area contributed by atoms with Crippen molar-refractivity contribution in [3.8, 4) is 5.75 Å². The van der Waals surface area contributed by atoms with Crippen LogP contribution in [0.25, 0.3) is 0 Å². The maximum Gasteiger partial charge on any atom is 0.261 e. The van der Waals surface area contributed by atoms with Crippen LogP contribution in [-0.4, -0.2) is 36.9 Å². The third-order valence-corrected chi connectivity index (χ3v) is 6.11. The van der Waals surface area contributed by atoms with Crippen LogP contribution >= 0.6 is 22.9 Å². The maximum atomic E-state index is 13.6. The lowest BCUT2D eigenvalue weighted by atomic mass is 10.0. The van der Waals surface area contributed by atoms with Gasteiger partial charge in [0.15, 0.2) is 0 Å². The molecule has 0 aliphatic heterocycles. The Hall–Kier alpha value is -3.36. The molecule has 1 atom stereocenters. The van der Waals surface area contributed by atoms with Gasteiger partial charge in [-0.15, -0.1) is 11.3 Å². The highest BCUT2D eigenvalue weighted by Crippen LogP contribution is 2.34. The van der Waals surface area contributed by atoms with Crippen LogP contribution in [-0.2, 0) is 9.59 Å². The van der Waals surface area contributed by atoms with E-state index in [-0.39, 0.29) is 23.4 Å². The zero-order valence-electron chi connectivity index (χ0n) is 20.0. The van der Waals surface area contributed by atoms with Gasteiger partial charge in [-0.1, -0.05) is 48.0 Å². The smallest absolute Gasteiger partial charge is 0.261 e. The average Bonchev–Trinajstić information content (AvgIpc) is 3.35. The first-order chi connectivity index (χ1) is 16.6. The summed E-state index contributed by atoms with van der Waals surface area (Å²) in [6.07, 6.45) is 0. The summed E-state index contributed by atoms with van der Waals surface area (Å²) in [5.74, 6) is -0.775. The van der Waals surface area contributed by atoms with Crippen LogP contribution in [0.3, 0.4) is 0 Å². The summed E-state index contributed by atoms with van der Waals surface area (Å²) in [7, 11) is 1.49. The van der Waals surface area contributed by atoms with E-state index in [4.69, 9.17) is 16.3 Å². The summed E-state index contributed by atoms with van der Waals surface area (Å²) < 4.78 is 5.25. The highest BCUT2D eigenvalue weighted by molar-refractivity contribution is 7.12. The Bertz CT molecular complexity index is 1180. The molecule has 0 aliphatic rings. The van der Waals surface area contributed by atoms with Gasteiger partial charge in [-0.2, -0.15) is 0 Å². The second kappa shape index (κ2) is 11.4. The molecule has 1 heterocycles. The number of ether oxygens (including phenoxy) is 1. The van der Waals surface area contributed by atoms with Crippen molar-refractivity contribution in [1.29, 1.82) is 0 Å². The first-order valence-corrected chi connectivity index (χ1v) is 12.2. The highest BCUT2D eigenvalue weighted by Gasteiger charge is 2.34. The molecule has 1 aromatic heterocycles. The van der Waals surface area contributed by atoms with Gasteiger partial charge in [0.1, 0.15) is 11.8 Å². The van der Waals surface area contributed by atoms with Gasteiger partial charge < -0.3 is 15.4 Å². The molecule has 184 valence electrons. The minimum atomic E-state index is -1.01.